The molecule has 0 aromatic heterocycles. The summed E-state index contributed by atoms with van der Waals surface area (Å²) in [5.41, 5.74) is 1.91. The first-order valence-corrected chi connectivity index (χ1v) is 10.2. The molecule has 1 aliphatic rings. The molecule has 0 spiro atoms. The molecule has 29 heavy (non-hydrogen) atoms. The molecule has 5 nitrogen and oxygen atoms in total. The van der Waals surface area contributed by atoms with Crippen LogP contribution in [0.4, 0.5) is 0 Å². The monoisotopic (exact) mass is 395 g/mol. The lowest BCUT2D eigenvalue weighted by atomic mass is 9.90. The molecule has 2 aromatic rings. The SMILES string of the molecule is COc1cc(C(C)=O)ccc1O[C@@H](C)C(=O)N1CCC(Cc2ccccc2)CC1. The van der Waals surface area contributed by atoms with Crippen LogP contribution in [0.1, 0.15) is 42.6 Å². The average Bonchev–Trinajstić information content (AvgIpc) is 2.74. The van der Waals surface area contributed by atoms with Gasteiger partial charge in [-0.1, -0.05) is 30.3 Å². The Morgan fingerprint density at radius 2 is 1.76 bits per heavy atom. The van der Waals surface area contributed by atoms with Gasteiger partial charge in [0.05, 0.1) is 7.11 Å². The maximum atomic E-state index is 12.8. The third kappa shape index (κ3) is 5.37. The van der Waals surface area contributed by atoms with E-state index in [1.165, 1.54) is 19.6 Å². The van der Waals surface area contributed by atoms with E-state index in [-0.39, 0.29) is 11.7 Å². The normalized spacial score (nSPS) is 15.6. The van der Waals surface area contributed by atoms with Crippen LogP contribution in [0.25, 0.3) is 0 Å². The molecule has 1 heterocycles. The molecule has 0 N–H and O–H groups in total. The number of amides is 1. The molecule has 3 rings (SSSR count). The molecule has 0 saturated carbocycles. The lowest BCUT2D eigenvalue weighted by Gasteiger charge is -2.33. The Morgan fingerprint density at radius 1 is 1.07 bits per heavy atom. The standard InChI is InChI=1S/C24H29NO4/c1-17(26)21-9-10-22(23(16-21)28-3)29-18(2)24(27)25-13-11-20(12-14-25)15-19-7-5-4-6-8-19/h4-10,16,18,20H,11-15H2,1-3H3/t18-/m0/s1. The zero-order valence-electron chi connectivity index (χ0n) is 17.4. The quantitative estimate of drug-likeness (QED) is 0.661. The Balaban J connectivity index is 1.55. The summed E-state index contributed by atoms with van der Waals surface area (Å²) in [4.78, 5) is 26.3. The lowest BCUT2D eigenvalue weighted by molar-refractivity contribution is -0.139. The number of likely N-dealkylation sites (tertiary alicyclic amines) is 1. The zero-order valence-corrected chi connectivity index (χ0v) is 17.4. The van der Waals surface area contributed by atoms with Gasteiger partial charge in [-0.15, -0.1) is 0 Å². The summed E-state index contributed by atoms with van der Waals surface area (Å²) >= 11 is 0. The molecule has 2 aromatic carbocycles. The second kappa shape index (κ2) is 9.59. The third-order valence-corrected chi connectivity index (χ3v) is 5.52. The van der Waals surface area contributed by atoms with Gasteiger partial charge in [0.2, 0.25) is 0 Å². The highest BCUT2D eigenvalue weighted by Crippen LogP contribution is 2.30. The van der Waals surface area contributed by atoms with Crippen LogP contribution in [-0.4, -0.2) is 42.9 Å². The first-order valence-electron chi connectivity index (χ1n) is 10.2. The van der Waals surface area contributed by atoms with Crippen molar-refractivity contribution in [2.24, 2.45) is 5.92 Å². The van der Waals surface area contributed by atoms with E-state index in [9.17, 15) is 9.59 Å². The fraction of sp³-hybridized carbons (Fsp3) is 0.417. The summed E-state index contributed by atoms with van der Waals surface area (Å²) in [6.45, 7) is 4.77. The minimum atomic E-state index is -0.613. The summed E-state index contributed by atoms with van der Waals surface area (Å²) < 4.78 is 11.2. The second-order valence-corrected chi connectivity index (χ2v) is 7.64. The fourth-order valence-corrected chi connectivity index (χ4v) is 3.79. The van der Waals surface area contributed by atoms with Crippen molar-refractivity contribution in [2.45, 2.75) is 39.2 Å². The number of hydrogen-bond donors (Lipinski definition) is 0. The topological polar surface area (TPSA) is 55.8 Å². The molecule has 154 valence electrons. The maximum Gasteiger partial charge on any atom is 0.263 e. The van der Waals surface area contributed by atoms with Gasteiger partial charge in [0.25, 0.3) is 5.91 Å². The molecule has 0 radical (unpaired) electrons. The van der Waals surface area contributed by atoms with E-state index < -0.39 is 6.10 Å². The van der Waals surface area contributed by atoms with Crippen molar-refractivity contribution in [3.63, 3.8) is 0 Å². The largest absolute Gasteiger partial charge is 0.493 e. The Hall–Kier alpha value is -2.82. The second-order valence-electron chi connectivity index (χ2n) is 7.64. The van der Waals surface area contributed by atoms with Gasteiger partial charge in [0.15, 0.2) is 23.4 Å². The van der Waals surface area contributed by atoms with Crippen LogP contribution < -0.4 is 9.47 Å². The van der Waals surface area contributed by atoms with Crippen molar-refractivity contribution >= 4 is 11.7 Å². The Morgan fingerprint density at radius 3 is 2.38 bits per heavy atom. The Labute approximate surface area is 172 Å². The van der Waals surface area contributed by atoms with Crippen molar-refractivity contribution in [1.82, 2.24) is 4.90 Å². The van der Waals surface area contributed by atoms with Gasteiger partial charge in [-0.3, -0.25) is 9.59 Å². The van der Waals surface area contributed by atoms with E-state index in [4.69, 9.17) is 9.47 Å². The number of ketones is 1. The molecule has 1 amide bonds. The summed E-state index contributed by atoms with van der Waals surface area (Å²) in [6, 6.07) is 15.5. The van der Waals surface area contributed by atoms with Crippen molar-refractivity contribution in [2.75, 3.05) is 20.2 Å². The van der Waals surface area contributed by atoms with E-state index in [0.29, 0.717) is 23.0 Å². The number of Topliss-reactive ketones (excluding diaryl/α,β-unsaturated/α-hetero) is 1. The number of ether oxygens (including phenoxy) is 2. The van der Waals surface area contributed by atoms with Crippen molar-refractivity contribution in [1.29, 1.82) is 0 Å². The number of rotatable bonds is 7. The maximum absolute atomic E-state index is 12.8. The summed E-state index contributed by atoms with van der Waals surface area (Å²) in [7, 11) is 1.52. The van der Waals surface area contributed by atoms with Crippen LogP contribution in [0.15, 0.2) is 48.5 Å². The van der Waals surface area contributed by atoms with E-state index >= 15 is 0 Å². The number of piperidine rings is 1. The molecule has 0 unspecified atom stereocenters. The van der Waals surface area contributed by atoms with Gasteiger partial charge < -0.3 is 14.4 Å². The molecule has 1 atom stereocenters. The molecular weight excluding hydrogens is 366 g/mol. The lowest BCUT2D eigenvalue weighted by Crippen LogP contribution is -2.45. The molecular formula is C24H29NO4. The highest BCUT2D eigenvalue weighted by Gasteiger charge is 2.27. The van der Waals surface area contributed by atoms with E-state index in [1.54, 1.807) is 25.1 Å². The van der Waals surface area contributed by atoms with Crippen molar-refractivity contribution < 1.29 is 19.1 Å². The smallest absolute Gasteiger partial charge is 0.263 e. The van der Waals surface area contributed by atoms with Crippen LogP contribution in [0.5, 0.6) is 11.5 Å². The van der Waals surface area contributed by atoms with Gasteiger partial charge in [-0.25, -0.2) is 0 Å². The minimum Gasteiger partial charge on any atom is -0.493 e. The number of methoxy groups -OCH3 is 1. The van der Waals surface area contributed by atoms with Crippen LogP contribution in [-0.2, 0) is 11.2 Å². The molecule has 0 bridgehead atoms. The summed E-state index contributed by atoms with van der Waals surface area (Å²) in [5, 5.41) is 0. The van der Waals surface area contributed by atoms with Gasteiger partial charge >= 0.3 is 0 Å². The van der Waals surface area contributed by atoms with Gasteiger partial charge in [0.1, 0.15) is 0 Å². The number of hydrogen-bond acceptors (Lipinski definition) is 4. The predicted octanol–water partition coefficient (Wildman–Crippen LogP) is 4.15. The molecule has 1 fully saturated rings. The van der Waals surface area contributed by atoms with E-state index in [1.807, 2.05) is 11.0 Å². The number of benzene rings is 2. The van der Waals surface area contributed by atoms with Crippen molar-refractivity contribution in [3.8, 4) is 11.5 Å². The van der Waals surface area contributed by atoms with E-state index in [2.05, 4.69) is 24.3 Å². The predicted molar refractivity (Wildman–Crippen MR) is 113 cm³/mol. The van der Waals surface area contributed by atoms with Crippen molar-refractivity contribution in [3.05, 3.63) is 59.7 Å². The molecule has 1 aliphatic heterocycles. The first kappa shape index (κ1) is 20.9. The fourth-order valence-electron chi connectivity index (χ4n) is 3.79. The van der Waals surface area contributed by atoms with Crippen LogP contribution in [0.3, 0.4) is 0 Å². The van der Waals surface area contributed by atoms with E-state index in [0.717, 1.165) is 32.4 Å². The molecule has 5 heteroatoms. The van der Waals surface area contributed by atoms with Crippen LogP contribution >= 0.6 is 0 Å². The number of nitrogens with zero attached hydrogens (tertiary/aromatic N) is 1. The summed E-state index contributed by atoms with van der Waals surface area (Å²) in [5.74, 6) is 1.48. The highest BCUT2D eigenvalue weighted by molar-refractivity contribution is 5.94. The van der Waals surface area contributed by atoms with Gasteiger partial charge in [0, 0.05) is 18.7 Å². The number of carbonyl (C=O) groups excluding carboxylic acids is 2. The zero-order chi connectivity index (χ0) is 20.8. The Bertz CT molecular complexity index is 841. The average molecular weight is 395 g/mol. The molecule has 1 saturated heterocycles. The number of carbonyl (C=O) groups is 2. The third-order valence-electron chi connectivity index (χ3n) is 5.52. The first-order chi connectivity index (χ1) is 14.0. The summed E-state index contributed by atoms with van der Waals surface area (Å²) in [6.07, 6.45) is 2.46. The minimum absolute atomic E-state index is 0.0131. The molecule has 0 aliphatic carbocycles. The van der Waals surface area contributed by atoms with Crippen LogP contribution in [0, 0.1) is 5.92 Å². The van der Waals surface area contributed by atoms with Crippen LogP contribution in [0.2, 0.25) is 0 Å². The Kier molecular flexibility index (Phi) is 6.91. The van der Waals surface area contributed by atoms with Gasteiger partial charge in [-0.2, -0.15) is 0 Å². The van der Waals surface area contributed by atoms with Gasteiger partial charge in [-0.05, 0) is 62.8 Å². The highest BCUT2D eigenvalue weighted by atomic mass is 16.5.